The fourth-order valence-electron chi connectivity index (χ4n) is 3.38. The van der Waals surface area contributed by atoms with E-state index in [2.05, 4.69) is 78.1 Å². The zero-order chi connectivity index (χ0) is 18.0. The van der Waals surface area contributed by atoms with E-state index < -0.39 is 10.8 Å². The van der Waals surface area contributed by atoms with E-state index >= 15 is 0 Å². The molecule has 0 saturated carbocycles. The summed E-state index contributed by atoms with van der Waals surface area (Å²) in [6.07, 6.45) is 0. The second-order valence-corrected chi connectivity index (χ2v) is 7.71. The van der Waals surface area contributed by atoms with Gasteiger partial charge in [-0.2, -0.15) is 0 Å². The Morgan fingerprint density at radius 2 is 1.12 bits per heavy atom. The first-order valence-electron chi connectivity index (χ1n) is 8.62. The van der Waals surface area contributed by atoms with Gasteiger partial charge in [0.05, 0.1) is 4.75 Å². The van der Waals surface area contributed by atoms with Gasteiger partial charge in [0.2, 0.25) is 5.91 Å². The van der Waals surface area contributed by atoms with Gasteiger partial charge < -0.3 is 11.1 Å². The highest BCUT2D eigenvalue weighted by Crippen LogP contribution is 2.50. The summed E-state index contributed by atoms with van der Waals surface area (Å²) >= 11 is 1.69. The van der Waals surface area contributed by atoms with Gasteiger partial charge >= 0.3 is 0 Å². The van der Waals surface area contributed by atoms with Gasteiger partial charge in [0, 0.05) is 0 Å². The summed E-state index contributed by atoms with van der Waals surface area (Å²) in [7, 11) is 0. The maximum atomic E-state index is 11.7. The molecular formula is C22H20N2OS. The highest BCUT2D eigenvalue weighted by molar-refractivity contribution is 8.01. The van der Waals surface area contributed by atoms with Crippen LogP contribution in [0, 0.1) is 0 Å². The summed E-state index contributed by atoms with van der Waals surface area (Å²) in [5, 5.41) is 2.82. The number of carbonyl (C=O) groups excluding carboxylic acids is 1. The zero-order valence-corrected chi connectivity index (χ0v) is 15.0. The first kappa shape index (κ1) is 16.9. The van der Waals surface area contributed by atoms with E-state index in [9.17, 15) is 4.79 Å². The van der Waals surface area contributed by atoms with Crippen LogP contribution in [-0.4, -0.2) is 17.3 Å². The fraction of sp³-hybridized carbons (Fsp3) is 0.136. The monoisotopic (exact) mass is 360 g/mol. The van der Waals surface area contributed by atoms with Crippen molar-refractivity contribution in [3.8, 4) is 0 Å². The number of benzene rings is 3. The Kier molecular flexibility index (Phi) is 4.53. The molecule has 0 spiro atoms. The van der Waals surface area contributed by atoms with Gasteiger partial charge in [-0.25, -0.2) is 0 Å². The van der Waals surface area contributed by atoms with E-state index in [4.69, 9.17) is 5.73 Å². The third-order valence-electron chi connectivity index (χ3n) is 4.76. The molecule has 1 aliphatic rings. The van der Waals surface area contributed by atoms with Crippen LogP contribution in [0.25, 0.3) is 0 Å². The van der Waals surface area contributed by atoms with Gasteiger partial charge in [-0.05, 0) is 16.7 Å². The molecular weight excluding hydrogens is 340 g/mol. The zero-order valence-electron chi connectivity index (χ0n) is 14.2. The van der Waals surface area contributed by atoms with Crippen molar-refractivity contribution in [2.75, 3.05) is 0 Å². The number of thioether (sulfide) groups is 1. The van der Waals surface area contributed by atoms with Crippen LogP contribution in [0.15, 0.2) is 91.0 Å². The molecule has 26 heavy (non-hydrogen) atoms. The van der Waals surface area contributed by atoms with E-state index in [1.807, 2.05) is 18.2 Å². The molecule has 0 aliphatic carbocycles. The second-order valence-electron chi connectivity index (χ2n) is 6.35. The maximum absolute atomic E-state index is 11.7. The summed E-state index contributed by atoms with van der Waals surface area (Å²) in [6, 6.07) is 30.7. The van der Waals surface area contributed by atoms with Crippen molar-refractivity contribution in [2.45, 2.75) is 16.2 Å². The molecule has 130 valence electrons. The van der Waals surface area contributed by atoms with Crippen LogP contribution in [0.2, 0.25) is 0 Å². The Labute approximate surface area is 157 Å². The quantitative estimate of drug-likeness (QED) is 0.541. The van der Waals surface area contributed by atoms with Crippen molar-refractivity contribution < 1.29 is 4.79 Å². The van der Waals surface area contributed by atoms with Crippen molar-refractivity contribution in [1.82, 2.24) is 5.32 Å². The molecule has 1 fully saturated rings. The largest absolute Gasteiger partial charge is 0.341 e. The van der Waals surface area contributed by atoms with Crippen molar-refractivity contribution in [3.05, 3.63) is 108 Å². The predicted octanol–water partition coefficient (Wildman–Crippen LogP) is 3.49. The molecule has 4 heteroatoms. The molecule has 1 heterocycles. The van der Waals surface area contributed by atoms with Crippen LogP contribution in [0.5, 0.6) is 0 Å². The van der Waals surface area contributed by atoms with Crippen LogP contribution in [0.4, 0.5) is 0 Å². The number of hydrogen-bond acceptors (Lipinski definition) is 3. The van der Waals surface area contributed by atoms with E-state index in [-0.39, 0.29) is 11.3 Å². The molecule has 3 nitrogen and oxygen atoms in total. The highest BCUT2D eigenvalue weighted by atomic mass is 32.2. The number of hydrogen-bond donors (Lipinski definition) is 2. The van der Waals surface area contributed by atoms with E-state index in [1.54, 1.807) is 11.8 Å². The van der Waals surface area contributed by atoms with Gasteiger partial charge in [-0.1, -0.05) is 91.0 Å². The van der Waals surface area contributed by atoms with Gasteiger partial charge in [0.25, 0.3) is 0 Å². The van der Waals surface area contributed by atoms with Crippen LogP contribution in [0.3, 0.4) is 0 Å². The SMILES string of the molecule is N[C@@H]1C(=O)N[C@@H]1SC(c1ccccc1)(c1ccccc1)c1ccccc1. The summed E-state index contributed by atoms with van der Waals surface area (Å²) in [4.78, 5) is 11.7. The minimum Gasteiger partial charge on any atom is -0.341 e. The first-order chi connectivity index (χ1) is 12.7. The van der Waals surface area contributed by atoms with Crippen LogP contribution < -0.4 is 11.1 Å². The summed E-state index contributed by atoms with van der Waals surface area (Å²) in [6.45, 7) is 0. The van der Waals surface area contributed by atoms with E-state index in [0.29, 0.717) is 0 Å². The number of β-lactam (4-membered cyclic amide) rings is 1. The van der Waals surface area contributed by atoms with Gasteiger partial charge in [0.15, 0.2) is 0 Å². The molecule has 0 unspecified atom stereocenters. The molecule has 0 radical (unpaired) electrons. The molecule has 0 bridgehead atoms. The number of rotatable bonds is 5. The van der Waals surface area contributed by atoms with Crippen LogP contribution in [-0.2, 0) is 9.54 Å². The van der Waals surface area contributed by atoms with E-state index in [0.717, 1.165) is 16.7 Å². The lowest BCUT2D eigenvalue weighted by molar-refractivity contribution is -0.128. The number of amides is 1. The Balaban J connectivity index is 1.93. The Morgan fingerprint density at radius 1 is 0.731 bits per heavy atom. The average Bonchev–Trinajstić information content (AvgIpc) is 2.73. The first-order valence-corrected chi connectivity index (χ1v) is 9.50. The Morgan fingerprint density at radius 3 is 1.42 bits per heavy atom. The second kappa shape index (κ2) is 6.98. The molecule has 1 saturated heterocycles. The minimum absolute atomic E-state index is 0.0921. The van der Waals surface area contributed by atoms with E-state index in [1.165, 1.54) is 0 Å². The van der Waals surface area contributed by atoms with Crippen molar-refractivity contribution in [1.29, 1.82) is 0 Å². The number of nitrogens with one attached hydrogen (secondary N) is 1. The third-order valence-corrected chi connectivity index (χ3v) is 6.48. The molecule has 2 atom stereocenters. The lowest BCUT2D eigenvalue weighted by atomic mass is 9.84. The highest BCUT2D eigenvalue weighted by Gasteiger charge is 2.46. The summed E-state index contributed by atoms with van der Waals surface area (Å²) in [5.41, 5.74) is 9.56. The third kappa shape index (κ3) is 2.81. The normalized spacial score (nSPS) is 19.5. The van der Waals surface area contributed by atoms with Crippen molar-refractivity contribution in [3.63, 3.8) is 0 Å². The Bertz CT molecular complexity index is 787. The van der Waals surface area contributed by atoms with Crippen LogP contribution >= 0.6 is 11.8 Å². The predicted molar refractivity (Wildman–Crippen MR) is 107 cm³/mol. The molecule has 3 aromatic carbocycles. The minimum atomic E-state index is -0.490. The molecule has 3 aromatic rings. The molecule has 4 rings (SSSR count). The molecule has 3 N–H and O–H groups in total. The summed E-state index contributed by atoms with van der Waals surface area (Å²) in [5.74, 6) is -0.0921. The summed E-state index contributed by atoms with van der Waals surface area (Å²) < 4.78 is -0.459. The lowest BCUT2D eigenvalue weighted by Gasteiger charge is -2.43. The maximum Gasteiger partial charge on any atom is 0.240 e. The lowest BCUT2D eigenvalue weighted by Crippen LogP contribution is -2.66. The van der Waals surface area contributed by atoms with Crippen molar-refractivity contribution >= 4 is 17.7 Å². The molecule has 0 aromatic heterocycles. The molecule has 1 amide bonds. The Hall–Kier alpha value is -2.56. The van der Waals surface area contributed by atoms with Crippen molar-refractivity contribution in [2.24, 2.45) is 5.73 Å². The standard InChI is InChI=1S/C22H20N2OS/c23-19-20(25)24-21(19)26-22(16-10-4-1-5-11-16,17-12-6-2-7-13-17)18-14-8-3-9-15-18/h1-15,19,21H,23H2,(H,24,25)/t19-,21-/m1/s1. The van der Waals surface area contributed by atoms with Crippen LogP contribution in [0.1, 0.15) is 16.7 Å². The number of carbonyl (C=O) groups is 1. The van der Waals surface area contributed by atoms with Gasteiger partial charge in [0.1, 0.15) is 11.4 Å². The fourth-order valence-corrected chi connectivity index (χ4v) is 5.03. The van der Waals surface area contributed by atoms with Gasteiger partial charge in [-0.3, -0.25) is 4.79 Å². The topological polar surface area (TPSA) is 55.1 Å². The molecule has 1 aliphatic heterocycles. The average molecular weight is 360 g/mol. The van der Waals surface area contributed by atoms with Gasteiger partial charge in [-0.15, -0.1) is 11.8 Å². The number of nitrogens with two attached hydrogens (primary N) is 1. The smallest absolute Gasteiger partial charge is 0.240 e.